The lowest BCUT2D eigenvalue weighted by molar-refractivity contribution is 0.0222. The van der Waals surface area contributed by atoms with Gasteiger partial charge in [-0.15, -0.1) is 0 Å². The maximum atomic E-state index is 6.49. The third kappa shape index (κ3) is 2.75. The molecule has 4 nitrogen and oxygen atoms in total. The molecule has 4 aliphatic rings. The third-order valence-electron chi connectivity index (χ3n) is 7.34. The smallest absolute Gasteiger partial charge is 0.116 e. The van der Waals surface area contributed by atoms with Crippen molar-refractivity contribution in [2.75, 3.05) is 16.3 Å². The Morgan fingerprint density at radius 3 is 2.58 bits per heavy atom. The maximum absolute atomic E-state index is 6.49. The van der Waals surface area contributed by atoms with Crippen LogP contribution in [0.25, 0.3) is 0 Å². The molecule has 2 aromatic rings. The summed E-state index contributed by atoms with van der Waals surface area (Å²) < 4.78 is 6.49. The van der Waals surface area contributed by atoms with E-state index in [4.69, 9.17) is 10.5 Å². The van der Waals surface area contributed by atoms with Crippen molar-refractivity contribution in [1.82, 2.24) is 0 Å². The average molecular weight is 412 g/mol. The maximum Gasteiger partial charge on any atom is 0.116 e. The van der Waals surface area contributed by atoms with Gasteiger partial charge in [0, 0.05) is 19.0 Å². The normalized spacial score (nSPS) is 31.1. The van der Waals surface area contributed by atoms with Crippen LogP contribution in [0.3, 0.4) is 0 Å². The zero-order valence-corrected chi connectivity index (χ0v) is 18.1. The summed E-state index contributed by atoms with van der Waals surface area (Å²) in [5.74, 6) is 0.448. The van der Waals surface area contributed by atoms with E-state index >= 15 is 0 Å². The summed E-state index contributed by atoms with van der Waals surface area (Å²) in [6, 6.07) is 19.6. The molecular weight excluding hydrogens is 382 g/mol. The predicted molar refractivity (Wildman–Crippen MR) is 126 cm³/mol. The van der Waals surface area contributed by atoms with Crippen molar-refractivity contribution < 1.29 is 4.74 Å². The number of ether oxygens (including phenoxy) is 1. The van der Waals surface area contributed by atoms with E-state index in [0.29, 0.717) is 0 Å². The van der Waals surface area contributed by atoms with Crippen molar-refractivity contribution in [3.8, 4) is 0 Å². The Balaban J connectivity index is 1.44. The molecule has 5 unspecified atom stereocenters. The van der Waals surface area contributed by atoms with Gasteiger partial charge in [-0.25, -0.2) is 0 Å². The van der Waals surface area contributed by atoms with E-state index in [1.54, 1.807) is 0 Å². The van der Waals surface area contributed by atoms with Gasteiger partial charge in [-0.1, -0.05) is 60.7 Å². The van der Waals surface area contributed by atoms with Gasteiger partial charge in [-0.3, -0.25) is 0 Å². The van der Waals surface area contributed by atoms with Crippen molar-refractivity contribution in [2.24, 2.45) is 17.6 Å². The average Bonchev–Trinajstić information content (AvgIpc) is 3.40. The highest BCUT2D eigenvalue weighted by molar-refractivity contribution is 5.80. The standard InChI is InChI=1S/C27H29N3O/c1-3-9-20-23-17(2)14-19-16-30-22-13-8-7-12-21(22)29(15-18-10-5-4-6-11-18)27(30)24(19)25(23)31-26(20)28/h3-14,20,24-27H,15-16,28H2,1-2H3/b9-3-. The van der Waals surface area contributed by atoms with Crippen LogP contribution >= 0.6 is 0 Å². The highest BCUT2D eigenvalue weighted by Crippen LogP contribution is 2.54. The Labute approximate surface area is 184 Å². The quantitative estimate of drug-likeness (QED) is 0.750. The molecule has 0 spiro atoms. The van der Waals surface area contributed by atoms with Crippen molar-refractivity contribution in [3.63, 3.8) is 0 Å². The van der Waals surface area contributed by atoms with Gasteiger partial charge in [-0.2, -0.15) is 0 Å². The van der Waals surface area contributed by atoms with E-state index in [9.17, 15) is 0 Å². The fourth-order valence-corrected chi connectivity index (χ4v) is 6.16. The molecule has 0 radical (unpaired) electrons. The molecule has 2 saturated heterocycles. The highest BCUT2D eigenvalue weighted by Gasteiger charge is 2.55. The van der Waals surface area contributed by atoms with E-state index in [2.05, 4.69) is 96.5 Å². The van der Waals surface area contributed by atoms with Gasteiger partial charge in [0.15, 0.2) is 0 Å². The number of nitrogens with zero attached hydrogens (tertiary/aromatic N) is 2. The largest absolute Gasteiger partial charge is 0.354 e. The lowest BCUT2D eigenvalue weighted by Crippen LogP contribution is -2.47. The molecule has 0 amide bonds. The van der Waals surface area contributed by atoms with Crippen LogP contribution in [-0.2, 0) is 11.3 Å². The number of nitrogens with two attached hydrogens (primary N) is 1. The first-order valence-electron chi connectivity index (χ1n) is 11.3. The lowest BCUT2D eigenvalue weighted by Gasteiger charge is -2.36. The molecule has 0 saturated carbocycles. The van der Waals surface area contributed by atoms with Gasteiger partial charge in [-0.05, 0) is 48.3 Å². The number of para-hydroxylation sites is 2. The second-order valence-corrected chi connectivity index (χ2v) is 9.10. The molecule has 5 atom stereocenters. The van der Waals surface area contributed by atoms with E-state index in [-0.39, 0.29) is 30.3 Å². The van der Waals surface area contributed by atoms with Crippen LogP contribution in [0.2, 0.25) is 0 Å². The summed E-state index contributed by atoms with van der Waals surface area (Å²) in [4.78, 5) is 5.15. The zero-order chi connectivity index (χ0) is 21.1. The number of benzene rings is 2. The van der Waals surface area contributed by atoms with Gasteiger partial charge in [0.25, 0.3) is 0 Å². The molecule has 6 rings (SSSR count). The highest BCUT2D eigenvalue weighted by atomic mass is 16.5. The van der Waals surface area contributed by atoms with E-state index < -0.39 is 0 Å². The predicted octanol–water partition coefficient (Wildman–Crippen LogP) is 4.60. The monoisotopic (exact) mass is 411 g/mol. The minimum absolute atomic E-state index is 0.0405. The van der Waals surface area contributed by atoms with Gasteiger partial charge in [0.05, 0.1) is 23.4 Å². The number of hydrogen-bond donors (Lipinski definition) is 1. The lowest BCUT2D eigenvalue weighted by atomic mass is 9.78. The fourth-order valence-electron chi connectivity index (χ4n) is 6.16. The number of hydrogen-bond acceptors (Lipinski definition) is 4. The van der Waals surface area contributed by atoms with Crippen molar-refractivity contribution in [2.45, 2.75) is 38.9 Å². The van der Waals surface area contributed by atoms with E-state index in [0.717, 1.165) is 13.1 Å². The first kappa shape index (κ1) is 18.9. The van der Waals surface area contributed by atoms with Gasteiger partial charge in [0.2, 0.25) is 0 Å². The molecule has 2 N–H and O–H groups in total. The van der Waals surface area contributed by atoms with Crippen LogP contribution in [-0.4, -0.2) is 25.0 Å². The van der Waals surface area contributed by atoms with Gasteiger partial charge >= 0.3 is 0 Å². The summed E-state index contributed by atoms with van der Waals surface area (Å²) in [5, 5.41) is 0. The summed E-state index contributed by atoms with van der Waals surface area (Å²) >= 11 is 0. The Kier molecular flexibility index (Phi) is 4.34. The fraction of sp³-hybridized carbons (Fsp3) is 0.333. The summed E-state index contributed by atoms with van der Waals surface area (Å²) in [6.07, 6.45) is 6.73. The van der Waals surface area contributed by atoms with Crippen molar-refractivity contribution in [1.29, 1.82) is 0 Å². The van der Waals surface area contributed by atoms with E-state index in [1.165, 1.54) is 33.7 Å². The Hall–Kier alpha value is -2.82. The van der Waals surface area contributed by atoms with Crippen molar-refractivity contribution in [3.05, 3.63) is 95.1 Å². The number of fused-ring (bicyclic) bond motifs is 7. The third-order valence-corrected chi connectivity index (χ3v) is 7.34. The molecule has 3 heterocycles. The first-order valence-corrected chi connectivity index (χ1v) is 11.3. The van der Waals surface area contributed by atoms with Crippen LogP contribution in [0.15, 0.2) is 89.5 Å². The van der Waals surface area contributed by atoms with Crippen LogP contribution in [0.1, 0.15) is 19.4 Å². The SMILES string of the molecule is C/C=C\C1C2=C(C)C=C3CN4c5ccccc5N(Cc5ccccc5)C4C3C2OC1N. The van der Waals surface area contributed by atoms with Crippen LogP contribution < -0.4 is 15.5 Å². The Bertz CT molecular complexity index is 1100. The summed E-state index contributed by atoms with van der Waals surface area (Å²) in [7, 11) is 0. The molecule has 4 heteroatoms. The first-order chi connectivity index (χ1) is 15.2. The number of anilines is 2. The van der Waals surface area contributed by atoms with E-state index in [1.807, 2.05) is 0 Å². The topological polar surface area (TPSA) is 41.7 Å². The molecule has 0 bridgehead atoms. The second-order valence-electron chi connectivity index (χ2n) is 9.10. The van der Waals surface area contributed by atoms with Gasteiger partial charge < -0.3 is 20.3 Å². The van der Waals surface area contributed by atoms with Crippen LogP contribution in [0, 0.1) is 11.8 Å². The Morgan fingerprint density at radius 2 is 1.81 bits per heavy atom. The molecule has 2 fully saturated rings. The number of allylic oxidation sites excluding steroid dienone is 3. The molecule has 2 aromatic carbocycles. The molecular formula is C27H29N3O. The molecule has 1 aliphatic carbocycles. The Morgan fingerprint density at radius 1 is 1.06 bits per heavy atom. The van der Waals surface area contributed by atoms with Crippen LogP contribution in [0.5, 0.6) is 0 Å². The number of rotatable bonds is 3. The molecule has 31 heavy (non-hydrogen) atoms. The van der Waals surface area contributed by atoms with Crippen LogP contribution in [0.4, 0.5) is 11.4 Å². The van der Waals surface area contributed by atoms with Gasteiger partial charge in [0.1, 0.15) is 12.4 Å². The second kappa shape index (κ2) is 7.11. The summed E-state index contributed by atoms with van der Waals surface area (Å²) in [5.41, 5.74) is 14.6. The minimum Gasteiger partial charge on any atom is -0.354 e. The zero-order valence-electron chi connectivity index (χ0n) is 18.1. The molecule has 3 aliphatic heterocycles. The van der Waals surface area contributed by atoms with Crippen molar-refractivity contribution >= 4 is 11.4 Å². The minimum atomic E-state index is -0.278. The molecule has 158 valence electrons. The molecule has 0 aromatic heterocycles. The summed E-state index contributed by atoms with van der Waals surface area (Å²) in [6.45, 7) is 6.12.